The predicted octanol–water partition coefficient (Wildman–Crippen LogP) is 5.27. The fourth-order valence-electron chi connectivity index (χ4n) is 2.05. The molecule has 0 aliphatic rings. The van der Waals surface area contributed by atoms with Crippen molar-refractivity contribution >= 4 is 0 Å². The number of halogens is 11. The van der Waals surface area contributed by atoms with E-state index >= 15 is 0 Å². The molecule has 0 bridgehead atoms. The molecule has 0 aromatic rings. The Kier molecular flexibility index (Phi) is 6.81. The van der Waals surface area contributed by atoms with Crippen molar-refractivity contribution in [2.24, 2.45) is 0 Å². The molecule has 0 radical (unpaired) electrons. The molecule has 25 heavy (non-hydrogen) atoms. The first kappa shape index (κ1) is 24.1. The van der Waals surface area contributed by atoms with Crippen LogP contribution in [0.25, 0.3) is 0 Å². The molecule has 0 saturated heterocycles. The van der Waals surface area contributed by atoms with E-state index in [9.17, 15) is 48.3 Å². The highest BCUT2D eigenvalue weighted by Crippen LogP contribution is 2.53. The molecule has 2 nitrogen and oxygen atoms in total. The van der Waals surface area contributed by atoms with Gasteiger partial charge in [0.2, 0.25) is 0 Å². The van der Waals surface area contributed by atoms with Crippen LogP contribution in [0.3, 0.4) is 0 Å². The van der Waals surface area contributed by atoms with Gasteiger partial charge in [-0.1, -0.05) is 13.3 Å². The van der Waals surface area contributed by atoms with Crippen molar-refractivity contribution in [2.45, 2.75) is 62.3 Å². The van der Waals surface area contributed by atoms with Crippen molar-refractivity contribution in [3.05, 3.63) is 0 Å². The van der Waals surface area contributed by atoms with Crippen LogP contribution < -0.4 is 0 Å². The van der Waals surface area contributed by atoms with Gasteiger partial charge in [0.1, 0.15) is 5.60 Å². The Balaban J connectivity index is 6.20. The highest BCUT2D eigenvalue weighted by molar-refractivity contribution is 5.05. The normalized spacial score (nSPS) is 19.4. The van der Waals surface area contributed by atoms with Crippen molar-refractivity contribution in [3.63, 3.8) is 0 Å². The van der Waals surface area contributed by atoms with Crippen LogP contribution in [0.4, 0.5) is 48.3 Å². The van der Waals surface area contributed by atoms with E-state index in [1.165, 1.54) is 0 Å². The molecule has 2 unspecified atom stereocenters. The minimum Gasteiger partial charge on any atom is -0.381 e. The van der Waals surface area contributed by atoms with E-state index in [1.54, 1.807) is 0 Å². The number of hydrogen-bond donors (Lipinski definition) is 0. The van der Waals surface area contributed by atoms with Gasteiger partial charge in [-0.2, -0.15) is 43.9 Å². The molecule has 0 aliphatic carbocycles. The van der Waals surface area contributed by atoms with Gasteiger partial charge in [-0.15, -0.1) is 0 Å². The summed E-state index contributed by atoms with van der Waals surface area (Å²) in [5.74, 6) is -6.85. The Bertz CT molecular complexity index is 445. The summed E-state index contributed by atoms with van der Waals surface area (Å²) < 4.78 is 150. The molecule has 0 heterocycles. The van der Waals surface area contributed by atoms with Crippen LogP contribution in [-0.2, 0) is 9.47 Å². The molecular formula is C12H15F11O2. The van der Waals surface area contributed by atoms with E-state index in [1.807, 2.05) is 0 Å². The largest absolute Gasteiger partial charge is 0.462 e. The summed E-state index contributed by atoms with van der Waals surface area (Å²) in [6, 6.07) is 0. The van der Waals surface area contributed by atoms with Gasteiger partial charge in [-0.3, -0.25) is 0 Å². The Morgan fingerprint density at radius 2 is 1.20 bits per heavy atom. The number of ether oxygens (including phenoxy) is 2. The summed E-state index contributed by atoms with van der Waals surface area (Å²) in [6.07, 6.45) is -21.0. The second-order valence-electron chi connectivity index (χ2n) is 5.40. The first-order chi connectivity index (χ1) is 10.8. The highest BCUT2D eigenvalue weighted by atomic mass is 19.4. The molecule has 2 atom stereocenters. The Labute approximate surface area is 135 Å². The zero-order valence-corrected chi connectivity index (χ0v) is 13.1. The van der Waals surface area contributed by atoms with E-state index in [2.05, 4.69) is 9.47 Å². The van der Waals surface area contributed by atoms with Crippen LogP contribution in [0, 0.1) is 0 Å². The van der Waals surface area contributed by atoms with Gasteiger partial charge in [0.05, 0.1) is 6.61 Å². The maximum atomic E-state index is 14.5. The summed E-state index contributed by atoms with van der Waals surface area (Å²) in [4.78, 5) is 0. The van der Waals surface area contributed by atoms with Crippen LogP contribution in [0.15, 0.2) is 0 Å². The third-order valence-electron chi connectivity index (χ3n) is 3.43. The molecule has 0 rings (SSSR count). The van der Waals surface area contributed by atoms with Gasteiger partial charge >= 0.3 is 24.4 Å². The van der Waals surface area contributed by atoms with Crippen LogP contribution in [-0.4, -0.2) is 49.4 Å². The van der Waals surface area contributed by atoms with E-state index in [0.29, 0.717) is 7.11 Å². The average Bonchev–Trinajstić information content (AvgIpc) is 2.35. The molecule has 0 fully saturated rings. The summed E-state index contributed by atoms with van der Waals surface area (Å²) in [5, 5.41) is 0. The lowest BCUT2D eigenvalue weighted by Gasteiger charge is -2.45. The van der Waals surface area contributed by atoms with Crippen molar-refractivity contribution < 1.29 is 57.8 Å². The predicted molar refractivity (Wildman–Crippen MR) is 62.1 cm³/mol. The summed E-state index contributed by atoms with van der Waals surface area (Å²) in [7, 11) is 0.550. The van der Waals surface area contributed by atoms with Gasteiger partial charge in [0, 0.05) is 7.11 Å². The molecule has 0 aromatic heterocycles. The van der Waals surface area contributed by atoms with Crippen molar-refractivity contribution in [3.8, 4) is 0 Å². The van der Waals surface area contributed by atoms with Gasteiger partial charge in [-0.25, -0.2) is 4.39 Å². The monoisotopic (exact) mass is 400 g/mol. The summed E-state index contributed by atoms with van der Waals surface area (Å²) in [6.45, 7) is -0.866. The Morgan fingerprint density at radius 1 is 0.760 bits per heavy atom. The molecule has 13 heteroatoms. The average molecular weight is 400 g/mol. The lowest BCUT2D eigenvalue weighted by atomic mass is 9.81. The first-order valence-corrected chi connectivity index (χ1v) is 6.60. The van der Waals surface area contributed by atoms with Crippen molar-refractivity contribution in [1.82, 2.24) is 0 Å². The maximum Gasteiger partial charge on any atom is 0.462 e. The highest BCUT2D eigenvalue weighted by Gasteiger charge is 2.78. The topological polar surface area (TPSA) is 18.5 Å². The quantitative estimate of drug-likeness (QED) is 0.517. The van der Waals surface area contributed by atoms with Crippen LogP contribution >= 0.6 is 0 Å². The van der Waals surface area contributed by atoms with Gasteiger partial charge in [0.25, 0.3) is 5.67 Å². The fraction of sp³-hybridized carbons (Fsp3) is 1.00. The molecular weight excluding hydrogens is 385 g/mol. The second-order valence-corrected chi connectivity index (χ2v) is 5.40. The summed E-state index contributed by atoms with van der Waals surface area (Å²) in [5.41, 5.74) is -8.58. The third-order valence-corrected chi connectivity index (χ3v) is 3.43. The standard InChI is InChI=1S/C12H15F11O2/c1-4-5-7(2,8(13,6-24-3)10(16,17)18)25-12(22,23)9(14,15)11(19,20)21/h4-6H2,1-3H3. The number of methoxy groups -OCH3 is 1. The van der Waals surface area contributed by atoms with E-state index < -0.39 is 55.1 Å². The molecule has 152 valence electrons. The Morgan fingerprint density at radius 3 is 1.48 bits per heavy atom. The van der Waals surface area contributed by atoms with E-state index in [4.69, 9.17) is 0 Å². The van der Waals surface area contributed by atoms with Crippen molar-refractivity contribution in [2.75, 3.05) is 13.7 Å². The number of hydrogen-bond acceptors (Lipinski definition) is 2. The fourth-order valence-corrected chi connectivity index (χ4v) is 2.05. The van der Waals surface area contributed by atoms with Gasteiger partial charge in [0.15, 0.2) is 0 Å². The van der Waals surface area contributed by atoms with Gasteiger partial charge < -0.3 is 9.47 Å². The molecule has 0 aromatic carbocycles. The molecule has 0 saturated carbocycles. The minimum atomic E-state index is -6.85. The summed E-state index contributed by atoms with van der Waals surface area (Å²) >= 11 is 0. The maximum absolute atomic E-state index is 14.5. The first-order valence-electron chi connectivity index (χ1n) is 6.60. The zero-order chi connectivity index (χ0) is 20.5. The Hall–Kier alpha value is -0.850. The molecule has 0 aliphatic heterocycles. The van der Waals surface area contributed by atoms with Crippen LogP contribution in [0.1, 0.15) is 26.7 Å². The van der Waals surface area contributed by atoms with Crippen LogP contribution in [0.2, 0.25) is 0 Å². The smallest absolute Gasteiger partial charge is 0.381 e. The SMILES string of the molecule is CCCC(C)(OC(F)(F)C(F)(F)C(F)(F)F)C(F)(COC)C(F)(F)F. The molecule has 0 N–H and O–H groups in total. The number of rotatable bonds is 8. The van der Waals surface area contributed by atoms with E-state index in [-0.39, 0.29) is 6.92 Å². The minimum absolute atomic E-state index is 0.0311. The number of alkyl halides is 11. The van der Waals surface area contributed by atoms with Gasteiger partial charge in [-0.05, 0) is 13.3 Å². The third kappa shape index (κ3) is 4.29. The zero-order valence-electron chi connectivity index (χ0n) is 13.1. The second kappa shape index (κ2) is 7.05. The lowest BCUT2D eigenvalue weighted by molar-refractivity contribution is -0.458. The van der Waals surface area contributed by atoms with Crippen LogP contribution in [0.5, 0.6) is 0 Å². The van der Waals surface area contributed by atoms with E-state index in [0.717, 1.165) is 6.92 Å². The van der Waals surface area contributed by atoms with Crippen molar-refractivity contribution in [1.29, 1.82) is 0 Å². The lowest BCUT2D eigenvalue weighted by Crippen LogP contribution is -2.66. The molecule has 0 amide bonds. The molecule has 0 spiro atoms.